The van der Waals surface area contributed by atoms with Crippen LogP contribution in [0.25, 0.3) is 0 Å². The lowest BCUT2D eigenvalue weighted by Gasteiger charge is -2.03. The lowest BCUT2D eigenvalue weighted by atomic mass is 10.5. The zero-order valence-corrected chi connectivity index (χ0v) is 6.12. The number of hydrogen-bond acceptors (Lipinski definition) is 1. The molecule has 2 heteroatoms. The van der Waals surface area contributed by atoms with Crippen LogP contribution in [0.1, 0.15) is 6.92 Å². The van der Waals surface area contributed by atoms with Crippen molar-refractivity contribution in [2.24, 2.45) is 0 Å². The minimum atomic E-state index is 1.19. The first-order valence-electron chi connectivity index (χ1n) is 3.05. The van der Waals surface area contributed by atoms with Gasteiger partial charge >= 0.3 is 0 Å². The van der Waals surface area contributed by atoms with E-state index in [0.717, 1.165) is 0 Å². The van der Waals surface area contributed by atoms with E-state index in [9.17, 15) is 0 Å². The van der Waals surface area contributed by atoms with Gasteiger partial charge in [0.2, 0.25) is 0 Å². The normalized spacial score (nSPS) is 10.5. The summed E-state index contributed by atoms with van der Waals surface area (Å²) in [7, 11) is 0. The molecule has 0 fully saturated rings. The second kappa shape index (κ2) is 5.82. The smallest absolute Gasteiger partial charge is 0.0897 e. The molecule has 0 saturated heterocycles. The fourth-order valence-electron chi connectivity index (χ4n) is 0.417. The number of nitrogens with zero attached hydrogens (tertiary/aromatic N) is 1. The molecule has 10 heavy (non-hydrogen) atoms. The summed E-state index contributed by atoms with van der Waals surface area (Å²) in [6, 6.07) is 0. The molecule has 0 aliphatic carbocycles. The Balaban J connectivity index is 3.83. The monoisotopic (exact) mass is 136 g/mol. The van der Waals surface area contributed by atoms with E-state index in [2.05, 4.69) is 6.58 Å². The summed E-state index contributed by atoms with van der Waals surface area (Å²) in [5.41, 5.74) is 0. The second-order valence-electron chi connectivity index (χ2n) is 1.63. The molecule has 0 rings (SSSR count). The fourth-order valence-corrected chi connectivity index (χ4v) is 0.417. The van der Waals surface area contributed by atoms with Crippen molar-refractivity contribution in [3.05, 3.63) is 37.2 Å². The van der Waals surface area contributed by atoms with Gasteiger partial charge in [0, 0.05) is 12.4 Å². The molecule has 0 atom stereocenters. The standard InChI is InChI=1S/C8H12N2/c1-3-5-6-7-10(4-2)8-9/h3-9H,2H2,1H3/b5-3-,7-6-,9-8?. The molecule has 0 aromatic heterocycles. The maximum atomic E-state index is 6.85. The minimum absolute atomic E-state index is 1.19. The van der Waals surface area contributed by atoms with Crippen LogP contribution in [0.4, 0.5) is 0 Å². The summed E-state index contributed by atoms with van der Waals surface area (Å²) in [6.45, 7) is 5.45. The molecule has 0 unspecified atom stereocenters. The van der Waals surface area contributed by atoms with Gasteiger partial charge < -0.3 is 4.90 Å². The molecular weight excluding hydrogens is 124 g/mol. The van der Waals surface area contributed by atoms with Crippen LogP contribution in [0, 0.1) is 5.41 Å². The average Bonchev–Trinajstić information content (AvgIpc) is 1.99. The van der Waals surface area contributed by atoms with Gasteiger partial charge in [0.25, 0.3) is 0 Å². The third-order valence-electron chi connectivity index (χ3n) is 0.922. The zero-order chi connectivity index (χ0) is 7.82. The van der Waals surface area contributed by atoms with Crippen molar-refractivity contribution in [2.45, 2.75) is 6.92 Å². The Bertz CT molecular complexity index is 149. The van der Waals surface area contributed by atoms with Gasteiger partial charge in [-0.3, -0.25) is 5.41 Å². The summed E-state index contributed by atoms with van der Waals surface area (Å²) in [6.07, 6.45) is 10.1. The van der Waals surface area contributed by atoms with Crippen LogP contribution in [0.2, 0.25) is 0 Å². The summed E-state index contributed by atoms with van der Waals surface area (Å²) >= 11 is 0. The van der Waals surface area contributed by atoms with Crippen molar-refractivity contribution in [3.63, 3.8) is 0 Å². The van der Waals surface area contributed by atoms with Crippen molar-refractivity contribution in [3.8, 4) is 0 Å². The Morgan fingerprint density at radius 3 is 2.50 bits per heavy atom. The van der Waals surface area contributed by atoms with Crippen LogP contribution in [0.3, 0.4) is 0 Å². The third kappa shape index (κ3) is 3.66. The molecule has 0 amide bonds. The average molecular weight is 136 g/mol. The Morgan fingerprint density at radius 1 is 1.40 bits per heavy atom. The van der Waals surface area contributed by atoms with Crippen molar-refractivity contribution in [1.29, 1.82) is 5.41 Å². The van der Waals surface area contributed by atoms with E-state index < -0.39 is 0 Å². The van der Waals surface area contributed by atoms with Gasteiger partial charge in [-0.1, -0.05) is 18.7 Å². The van der Waals surface area contributed by atoms with E-state index in [1.54, 1.807) is 17.3 Å². The van der Waals surface area contributed by atoms with Gasteiger partial charge in [-0.2, -0.15) is 0 Å². The second-order valence-corrected chi connectivity index (χ2v) is 1.63. The number of rotatable bonds is 4. The Hall–Kier alpha value is -1.31. The summed E-state index contributed by atoms with van der Waals surface area (Å²) in [5.74, 6) is 0. The van der Waals surface area contributed by atoms with Crippen LogP contribution >= 0.6 is 0 Å². The SMILES string of the molecule is C=CN(C=N)/C=C\C=C/C. The van der Waals surface area contributed by atoms with Gasteiger partial charge in [-0.25, -0.2) is 0 Å². The number of allylic oxidation sites excluding steroid dienone is 3. The van der Waals surface area contributed by atoms with E-state index >= 15 is 0 Å². The highest BCUT2D eigenvalue weighted by molar-refractivity contribution is 5.54. The van der Waals surface area contributed by atoms with Crippen LogP contribution in [0.5, 0.6) is 0 Å². The molecule has 0 radical (unpaired) electrons. The van der Waals surface area contributed by atoms with Crippen molar-refractivity contribution in [2.75, 3.05) is 0 Å². The van der Waals surface area contributed by atoms with E-state index in [1.165, 1.54) is 6.34 Å². The maximum absolute atomic E-state index is 6.85. The Labute approximate surface area is 61.7 Å². The van der Waals surface area contributed by atoms with Gasteiger partial charge in [-0.15, -0.1) is 0 Å². The van der Waals surface area contributed by atoms with Gasteiger partial charge in [0.15, 0.2) is 0 Å². The van der Waals surface area contributed by atoms with E-state index in [4.69, 9.17) is 5.41 Å². The molecular formula is C8H12N2. The highest BCUT2D eigenvalue weighted by Crippen LogP contribution is 1.85. The summed E-state index contributed by atoms with van der Waals surface area (Å²) in [5, 5.41) is 6.85. The number of hydrogen-bond donors (Lipinski definition) is 1. The predicted octanol–water partition coefficient (Wildman–Crippen LogP) is 2.13. The van der Waals surface area contributed by atoms with Gasteiger partial charge in [-0.05, 0) is 13.0 Å². The predicted molar refractivity (Wildman–Crippen MR) is 44.8 cm³/mol. The van der Waals surface area contributed by atoms with Crippen molar-refractivity contribution < 1.29 is 0 Å². The van der Waals surface area contributed by atoms with Crippen molar-refractivity contribution in [1.82, 2.24) is 4.90 Å². The molecule has 0 spiro atoms. The summed E-state index contributed by atoms with van der Waals surface area (Å²) < 4.78 is 0. The molecule has 0 aliphatic heterocycles. The lowest BCUT2D eigenvalue weighted by molar-refractivity contribution is 0.781. The first-order valence-corrected chi connectivity index (χ1v) is 3.05. The van der Waals surface area contributed by atoms with Gasteiger partial charge in [0.1, 0.15) is 0 Å². The highest BCUT2D eigenvalue weighted by Gasteiger charge is 1.79. The van der Waals surface area contributed by atoms with Crippen LogP contribution in [-0.2, 0) is 0 Å². The quantitative estimate of drug-likeness (QED) is 0.358. The molecule has 0 aromatic carbocycles. The first-order chi connectivity index (χ1) is 4.85. The van der Waals surface area contributed by atoms with E-state index in [-0.39, 0.29) is 0 Å². The highest BCUT2D eigenvalue weighted by atomic mass is 15.1. The molecule has 0 bridgehead atoms. The van der Waals surface area contributed by atoms with E-state index in [0.29, 0.717) is 0 Å². The zero-order valence-electron chi connectivity index (χ0n) is 6.12. The lowest BCUT2D eigenvalue weighted by Crippen LogP contribution is -2.02. The largest absolute Gasteiger partial charge is 0.316 e. The maximum Gasteiger partial charge on any atom is 0.0897 e. The Kier molecular flexibility index (Phi) is 5.06. The van der Waals surface area contributed by atoms with Gasteiger partial charge in [0.05, 0.1) is 6.34 Å². The first kappa shape index (κ1) is 8.69. The molecule has 0 aromatic rings. The molecule has 1 N–H and O–H groups in total. The molecule has 0 heterocycles. The number of nitrogens with one attached hydrogen (secondary N) is 1. The Morgan fingerprint density at radius 2 is 2.10 bits per heavy atom. The summed E-state index contributed by atoms with van der Waals surface area (Å²) in [4.78, 5) is 1.56. The third-order valence-corrected chi connectivity index (χ3v) is 0.922. The molecule has 0 saturated carbocycles. The van der Waals surface area contributed by atoms with Crippen LogP contribution in [-0.4, -0.2) is 11.2 Å². The molecule has 2 nitrogen and oxygen atoms in total. The molecule has 0 aliphatic rings. The minimum Gasteiger partial charge on any atom is -0.316 e. The fraction of sp³-hybridized carbons (Fsp3) is 0.125. The van der Waals surface area contributed by atoms with Crippen LogP contribution in [0.15, 0.2) is 37.2 Å². The van der Waals surface area contributed by atoms with E-state index in [1.807, 2.05) is 25.2 Å². The van der Waals surface area contributed by atoms with Crippen LogP contribution < -0.4 is 0 Å². The topological polar surface area (TPSA) is 27.1 Å². The van der Waals surface area contributed by atoms with Crippen molar-refractivity contribution >= 4 is 6.34 Å². The molecule has 54 valence electrons.